The van der Waals surface area contributed by atoms with Gasteiger partial charge in [-0.1, -0.05) is 52.0 Å². The number of hydrogen-bond donors (Lipinski definition) is 1. The quantitative estimate of drug-likeness (QED) is 0.680. The average molecular weight is 291 g/mol. The number of nitrogens with one attached hydrogen (secondary N) is 1. The highest BCUT2D eigenvalue weighted by Gasteiger charge is 2.15. The van der Waals surface area contributed by atoms with E-state index in [1.165, 1.54) is 17.5 Å². The van der Waals surface area contributed by atoms with Crippen molar-refractivity contribution < 1.29 is 4.74 Å². The minimum absolute atomic E-state index is 0.433. The lowest BCUT2D eigenvalue weighted by Crippen LogP contribution is -2.25. The highest BCUT2D eigenvalue weighted by Crippen LogP contribution is 2.23. The molecule has 2 unspecified atom stereocenters. The van der Waals surface area contributed by atoms with Gasteiger partial charge in [-0.2, -0.15) is 0 Å². The van der Waals surface area contributed by atoms with Crippen molar-refractivity contribution >= 4 is 0 Å². The van der Waals surface area contributed by atoms with E-state index in [9.17, 15) is 0 Å². The molecule has 0 bridgehead atoms. The molecule has 0 aliphatic rings. The molecule has 0 aliphatic heterocycles. The van der Waals surface area contributed by atoms with Crippen LogP contribution in [0.1, 0.15) is 57.7 Å². The Labute approximate surface area is 131 Å². The van der Waals surface area contributed by atoms with E-state index in [1.807, 2.05) is 0 Å². The molecule has 0 aliphatic carbocycles. The lowest BCUT2D eigenvalue weighted by molar-refractivity contribution is 0.149. The van der Waals surface area contributed by atoms with Gasteiger partial charge in [0.05, 0.1) is 0 Å². The largest absolute Gasteiger partial charge is 0.384 e. The van der Waals surface area contributed by atoms with Gasteiger partial charge in [-0.05, 0) is 48.8 Å². The molecule has 0 fully saturated rings. The summed E-state index contributed by atoms with van der Waals surface area (Å²) in [5, 5.41) is 3.70. The topological polar surface area (TPSA) is 21.3 Å². The van der Waals surface area contributed by atoms with Gasteiger partial charge in [-0.15, -0.1) is 0 Å². The SMILES string of the molecule is CCCNC(CC(C)COC)c1cccc(CC(C)C)c1. The second kappa shape index (κ2) is 9.97. The summed E-state index contributed by atoms with van der Waals surface area (Å²) in [6.45, 7) is 10.9. The van der Waals surface area contributed by atoms with Gasteiger partial charge >= 0.3 is 0 Å². The van der Waals surface area contributed by atoms with Crippen LogP contribution < -0.4 is 5.32 Å². The van der Waals surface area contributed by atoms with Crippen LogP contribution >= 0.6 is 0 Å². The molecule has 0 saturated heterocycles. The Hall–Kier alpha value is -0.860. The normalized spacial score (nSPS) is 14.4. The first kappa shape index (κ1) is 18.2. The van der Waals surface area contributed by atoms with E-state index in [1.54, 1.807) is 7.11 Å². The molecule has 1 N–H and O–H groups in total. The predicted octanol–water partition coefficient (Wildman–Crippen LogP) is 4.60. The zero-order chi connectivity index (χ0) is 15.7. The van der Waals surface area contributed by atoms with Crippen LogP contribution in [0.15, 0.2) is 24.3 Å². The molecule has 0 amide bonds. The monoisotopic (exact) mass is 291 g/mol. The van der Waals surface area contributed by atoms with E-state index in [0.29, 0.717) is 17.9 Å². The lowest BCUT2D eigenvalue weighted by atomic mass is 9.93. The lowest BCUT2D eigenvalue weighted by Gasteiger charge is -2.23. The Morgan fingerprint density at radius 3 is 2.57 bits per heavy atom. The van der Waals surface area contributed by atoms with E-state index in [2.05, 4.69) is 57.3 Å². The van der Waals surface area contributed by atoms with Crippen LogP contribution in [-0.2, 0) is 11.2 Å². The molecule has 0 spiro atoms. The maximum atomic E-state index is 5.29. The first-order valence-electron chi connectivity index (χ1n) is 8.37. The summed E-state index contributed by atoms with van der Waals surface area (Å²) in [5.41, 5.74) is 2.87. The molecule has 1 aromatic rings. The molecule has 0 aromatic heterocycles. The van der Waals surface area contributed by atoms with E-state index in [-0.39, 0.29) is 0 Å². The number of benzene rings is 1. The van der Waals surface area contributed by atoms with Gasteiger partial charge in [-0.3, -0.25) is 0 Å². The first-order chi connectivity index (χ1) is 10.1. The number of hydrogen-bond acceptors (Lipinski definition) is 2. The third kappa shape index (κ3) is 7.10. The molecule has 1 aromatic carbocycles. The van der Waals surface area contributed by atoms with Crippen molar-refractivity contribution in [2.75, 3.05) is 20.3 Å². The second-order valence-corrected chi connectivity index (χ2v) is 6.65. The number of methoxy groups -OCH3 is 1. The van der Waals surface area contributed by atoms with Crippen molar-refractivity contribution in [2.45, 2.75) is 53.0 Å². The first-order valence-corrected chi connectivity index (χ1v) is 8.37. The fraction of sp³-hybridized carbons (Fsp3) is 0.684. The molecule has 0 heterocycles. The summed E-state index contributed by atoms with van der Waals surface area (Å²) in [5.74, 6) is 1.27. The van der Waals surface area contributed by atoms with Crippen LogP contribution in [0.2, 0.25) is 0 Å². The summed E-state index contributed by atoms with van der Waals surface area (Å²) in [6, 6.07) is 9.53. The molecular formula is C19H33NO. The van der Waals surface area contributed by atoms with Gasteiger partial charge in [0.2, 0.25) is 0 Å². The Balaban J connectivity index is 2.80. The molecule has 1 rings (SSSR count). The molecule has 21 heavy (non-hydrogen) atoms. The van der Waals surface area contributed by atoms with Gasteiger partial charge in [-0.25, -0.2) is 0 Å². The van der Waals surface area contributed by atoms with Crippen molar-refractivity contribution in [3.63, 3.8) is 0 Å². The van der Waals surface area contributed by atoms with Gasteiger partial charge in [0, 0.05) is 19.8 Å². The van der Waals surface area contributed by atoms with Crippen LogP contribution in [0.3, 0.4) is 0 Å². The Morgan fingerprint density at radius 2 is 1.95 bits per heavy atom. The number of ether oxygens (including phenoxy) is 1. The summed E-state index contributed by atoms with van der Waals surface area (Å²) in [4.78, 5) is 0. The maximum absolute atomic E-state index is 5.29. The zero-order valence-corrected chi connectivity index (χ0v) is 14.5. The maximum Gasteiger partial charge on any atom is 0.0488 e. The van der Waals surface area contributed by atoms with Gasteiger partial charge in [0.15, 0.2) is 0 Å². The smallest absolute Gasteiger partial charge is 0.0488 e. The van der Waals surface area contributed by atoms with Crippen LogP contribution in [0.25, 0.3) is 0 Å². The van der Waals surface area contributed by atoms with Crippen LogP contribution in [0, 0.1) is 11.8 Å². The molecule has 0 radical (unpaired) electrons. The van der Waals surface area contributed by atoms with Gasteiger partial charge < -0.3 is 10.1 Å². The van der Waals surface area contributed by atoms with Crippen molar-refractivity contribution in [3.05, 3.63) is 35.4 Å². The molecule has 2 heteroatoms. The van der Waals surface area contributed by atoms with Gasteiger partial charge in [0.25, 0.3) is 0 Å². The van der Waals surface area contributed by atoms with Crippen molar-refractivity contribution in [3.8, 4) is 0 Å². The minimum atomic E-state index is 0.433. The second-order valence-electron chi connectivity index (χ2n) is 6.65. The van der Waals surface area contributed by atoms with Crippen molar-refractivity contribution in [2.24, 2.45) is 11.8 Å². The Morgan fingerprint density at radius 1 is 1.19 bits per heavy atom. The predicted molar refractivity (Wildman–Crippen MR) is 91.7 cm³/mol. The van der Waals surface area contributed by atoms with Crippen LogP contribution in [0.4, 0.5) is 0 Å². The third-order valence-electron chi connectivity index (χ3n) is 3.73. The van der Waals surface area contributed by atoms with Gasteiger partial charge in [0.1, 0.15) is 0 Å². The van der Waals surface area contributed by atoms with Crippen molar-refractivity contribution in [1.82, 2.24) is 5.32 Å². The minimum Gasteiger partial charge on any atom is -0.384 e. The zero-order valence-electron chi connectivity index (χ0n) is 14.5. The fourth-order valence-electron chi connectivity index (χ4n) is 2.82. The van der Waals surface area contributed by atoms with E-state index >= 15 is 0 Å². The summed E-state index contributed by atoms with van der Waals surface area (Å²) >= 11 is 0. The fourth-order valence-corrected chi connectivity index (χ4v) is 2.82. The third-order valence-corrected chi connectivity index (χ3v) is 3.73. The summed E-state index contributed by atoms with van der Waals surface area (Å²) in [6.07, 6.45) is 3.45. The van der Waals surface area contributed by atoms with Crippen molar-refractivity contribution in [1.29, 1.82) is 0 Å². The molecule has 0 saturated carbocycles. The average Bonchev–Trinajstić information content (AvgIpc) is 2.43. The molecular weight excluding hydrogens is 258 g/mol. The van der Waals surface area contributed by atoms with E-state index in [4.69, 9.17) is 4.74 Å². The standard InChI is InChI=1S/C19H33NO/c1-6-10-20-19(12-16(4)14-21-5)18-9-7-8-17(13-18)11-15(2)3/h7-9,13,15-16,19-20H,6,10-12,14H2,1-5H3. The van der Waals surface area contributed by atoms with E-state index in [0.717, 1.165) is 26.0 Å². The summed E-state index contributed by atoms with van der Waals surface area (Å²) in [7, 11) is 1.79. The number of rotatable bonds is 10. The van der Waals surface area contributed by atoms with E-state index < -0.39 is 0 Å². The Kier molecular flexibility index (Phi) is 8.63. The summed E-state index contributed by atoms with van der Waals surface area (Å²) < 4.78 is 5.29. The molecule has 2 atom stereocenters. The highest BCUT2D eigenvalue weighted by atomic mass is 16.5. The highest BCUT2D eigenvalue weighted by molar-refractivity contribution is 5.26. The van der Waals surface area contributed by atoms with Crippen LogP contribution in [-0.4, -0.2) is 20.3 Å². The molecule has 120 valence electrons. The Bertz CT molecular complexity index is 389. The van der Waals surface area contributed by atoms with Crippen LogP contribution in [0.5, 0.6) is 0 Å². The molecule has 2 nitrogen and oxygen atoms in total.